The third-order valence-corrected chi connectivity index (χ3v) is 8.35. The van der Waals surface area contributed by atoms with Crippen LogP contribution in [0.3, 0.4) is 0 Å². The molecule has 6 nitrogen and oxygen atoms in total. The minimum Gasteiger partial charge on any atom is -0.483 e. The third kappa shape index (κ3) is 5.24. The molecule has 0 aromatic heterocycles. The monoisotopic (exact) mass is 540 g/mol. The number of nitrogens with one attached hydrogen (secondary N) is 1. The van der Waals surface area contributed by atoms with Crippen molar-refractivity contribution in [2.75, 3.05) is 18.5 Å². The second kappa shape index (κ2) is 10.4. The quantitative estimate of drug-likeness (QED) is 0.440. The van der Waals surface area contributed by atoms with Gasteiger partial charge in [-0.25, -0.2) is 0 Å². The lowest BCUT2D eigenvalue weighted by Crippen LogP contribution is -2.44. The van der Waals surface area contributed by atoms with Crippen LogP contribution in [0.15, 0.2) is 71.1 Å². The van der Waals surface area contributed by atoms with Gasteiger partial charge in [-0.05, 0) is 55.2 Å². The van der Waals surface area contributed by atoms with Crippen molar-refractivity contribution in [3.05, 3.63) is 82.2 Å². The SMILES string of the molecule is CCN1C2=C(C(=O)CC(C)(C)C2)C(c2ccccc2OCC(=O)Nc2ccccc2C)C2=C1CC(C)(C)CC2=O. The maximum absolute atomic E-state index is 13.9. The molecule has 2 aromatic rings. The normalized spacial score (nSPS) is 20.3. The number of nitrogens with zero attached hydrogens (tertiary/aromatic N) is 1. The van der Waals surface area contributed by atoms with E-state index >= 15 is 0 Å². The molecular weight excluding hydrogens is 500 g/mol. The molecule has 1 amide bonds. The topological polar surface area (TPSA) is 75.7 Å². The van der Waals surface area contributed by atoms with Crippen molar-refractivity contribution < 1.29 is 19.1 Å². The molecule has 0 radical (unpaired) electrons. The lowest BCUT2D eigenvalue weighted by molar-refractivity contribution is -0.120. The summed E-state index contributed by atoms with van der Waals surface area (Å²) in [6, 6.07) is 15.1. The summed E-state index contributed by atoms with van der Waals surface area (Å²) in [5, 5.41) is 2.92. The van der Waals surface area contributed by atoms with E-state index in [1.165, 1.54) is 0 Å². The highest BCUT2D eigenvalue weighted by Gasteiger charge is 2.49. The van der Waals surface area contributed by atoms with Crippen LogP contribution in [-0.4, -0.2) is 35.5 Å². The number of aryl methyl sites for hydroxylation is 1. The lowest BCUT2D eigenvalue weighted by Gasteiger charge is -2.49. The average molecular weight is 541 g/mol. The number of ketones is 2. The van der Waals surface area contributed by atoms with Gasteiger partial charge in [-0.15, -0.1) is 0 Å². The van der Waals surface area contributed by atoms with Gasteiger partial charge in [0.15, 0.2) is 18.2 Å². The Labute approximate surface area is 237 Å². The van der Waals surface area contributed by atoms with Crippen LogP contribution in [0.4, 0.5) is 5.69 Å². The number of allylic oxidation sites excluding steroid dienone is 4. The predicted molar refractivity (Wildman–Crippen MR) is 157 cm³/mol. The predicted octanol–water partition coefficient (Wildman–Crippen LogP) is 6.72. The Morgan fingerprint density at radius 1 is 0.875 bits per heavy atom. The van der Waals surface area contributed by atoms with Crippen LogP contribution < -0.4 is 10.1 Å². The number of para-hydroxylation sites is 2. The summed E-state index contributed by atoms with van der Waals surface area (Å²) >= 11 is 0. The first-order chi connectivity index (χ1) is 18.9. The number of rotatable bonds is 6. The Morgan fingerprint density at radius 2 is 1.43 bits per heavy atom. The minimum absolute atomic E-state index is 0.0889. The molecule has 0 unspecified atom stereocenters. The van der Waals surface area contributed by atoms with E-state index in [1.54, 1.807) is 0 Å². The number of carbonyl (C=O) groups excluding carboxylic acids is 3. The molecule has 1 heterocycles. The zero-order valence-electron chi connectivity index (χ0n) is 24.5. The third-order valence-electron chi connectivity index (χ3n) is 8.35. The van der Waals surface area contributed by atoms with Crippen LogP contribution in [0.5, 0.6) is 5.75 Å². The zero-order chi connectivity index (χ0) is 28.8. The summed E-state index contributed by atoms with van der Waals surface area (Å²) < 4.78 is 6.14. The van der Waals surface area contributed by atoms with Crippen molar-refractivity contribution in [3.63, 3.8) is 0 Å². The first kappa shape index (κ1) is 27.9. The van der Waals surface area contributed by atoms with Crippen LogP contribution in [-0.2, 0) is 14.4 Å². The molecular formula is C34H40N2O4. The highest BCUT2D eigenvalue weighted by molar-refractivity contribution is 6.07. The summed E-state index contributed by atoms with van der Waals surface area (Å²) in [6.07, 6.45) is 2.41. The highest BCUT2D eigenvalue weighted by atomic mass is 16.5. The molecule has 2 aliphatic carbocycles. The van der Waals surface area contributed by atoms with Crippen LogP contribution in [0.25, 0.3) is 0 Å². The van der Waals surface area contributed by atoms with Gasteiger partial charge in [0, 0.05) is 59.1 Å². The van der Waals surface area contributed by atoms with Crippen molar-refractivity contribution in [1.29, 1.82) is 0 Å². The van der Waals surface area contributed by atoms with Gasteiger partial charge in [-0.1, -0.05) is 64.1 Å². The molecule has 0 saturated heterocycles. The number of anilines is 1. The zero-order valence-corrected chi connectivity index (χ0v) is 24.5. The maximum Gasteiger partial charge on any atom is 0.262 e. The van der Waals surface area contributed by atoms with Crippen LogP contribution >= 0.6 is 0 Å². The molecule has 210 valence electrons. The number of hydrogen-bond acceptors (Lipinski definition) is 5. The van der Waals surface area contributed by atoms with E-state index in [-0.39, 0.29) is 34.9 Å². The van der Waals surface area contributed by atoms with Gasteiger partial charge in [0.2, 0.25) is 0 Å². The molecule has 1 aliphatic heterocycles. The number of ether oxygens (including phenoxy) is 1. The van der Waals surface area contributed by atoms with Gasteiger partial charge in [0.05, 0.1) is 0 Å². The van der Waals surface area contributed by atoms with Gasteiger partial charge in [0.1, 0.15) is 5.75 Å². The number of amides is 1. The molecule has 0 bridgehead atoms. The number of Topliss-reactive ketones (excluding diaryl/α,β-unsaturated/α-hetero) is 2. The Balaban J connectivity index is 1.57. The highest BCUT2D eigenvalue weighted by Crippen LogP contribution is 2.55. The Morgan fingerprint density at radius 3 is 2.00 bits per heavy atom. The van der Waals surface area contributed by atoms with E-state index in [9.17, 15) is 14.4 Å². The fraction of sp³-hybridized carbons (Fsp3) is 0.441. The van der Waals surface area contributed by atoms with Gasteiger partial charge in [0.25, 0.3) is 5.91 Å². The fourth-order valence-electron chi connectivity index (χ4n) is 6.63. The smallest absolute Gasteiger partial charge is 0.262 e. The molecule has 6 heteroatoms. The molecule has 40 heavy (non-hydrogen) atoms. The molecule has 1 N–H and O–H groups in total. The van der Waals surface area contributed by atoms with Crippen molar-refractivity contribution in [3.8, 4) is 5.75 Å². The largest absolute Gasteiger partial charge is 0.483 e. The lowest BCUT2D eigenvalue weighted by atomic mass is 9.63. The van der Waals surface area contributed by atoms with Crippen molar-refractivity contribution >= 4 is 23.2 Å². The van der Waals surface area contributed by atoms with Gasteiger partial charge in [-0.2, -0.15) is 0 Å². The first-order valence-electron chi connectivity index (χ1n) is 14.3. The minimum atomic E-state index is -0.504. The molecule has 0 atom stereocenters. The van der Waals surface area contributed by atoms with Crippen molar-refractivity contribution in [2.45, 2.75) is 73.1 Å². The summed E-state index contributed by atoms with van der Waals surface area (Å²) in [5.41, 5.74) is 5.65. The Kier molecular flexibility index (Phi) is 7.24. The molecule has 5 rings (SSSR count). The molecule has 0 spiro atoms. The van der Waals surface area contributed by atoms with Crippen LogP contribution in [0, 0.1) is 17.8 Å². The summed E-state index contributed by atoms with van der Waals surface area (Å²) in [5.74, 6) is -0.0744. The van der Waals surface area contributed by atoms with Crippen LogP contribution in [0.1, 0.15) is 77.3 Å². The summed E-state index contributed by atoms with van der Waals surface area (Å²) in [7, 11) is 0. The van der Waals surface area contributed by atoms with E-state index in [0.717, 1.165) is 41.1 Å². The average Bonchev–Trinajstić information content (AvgIpc) is 2.86. The second-order valence-electron chi connectivity index (χ2n) is 13.0. The van der Waals surface area contributed by atoms with E-state index in [4.69, 9.17) is 4.74 Å². The summed E-state index contributed by atoms with van der Waals surface area (Å²) in [4.78, 5) is 42.9. The van der Waals surface area contributed by atoms with E-state index in [0.29, 0.717) is 36.3 Å². The standard InChI is InChI=1S/C34H40N2O4/c1-7-36-24-16-33(3,4)18-26(37)31(24)30(32-25(36)17-34(5,6)19-27(32)38)22-13-9-11-15-28(22)40-20-29(39)35-23-14-10-8-12-21(23)2/h8-15,30H,7,16-20H2,1-6H3,(H,35,39). The van der Waals surface area contributed by atoms with Crippen LogP contribution in [0.2, 0.25) is 0 Å². The van der Waals surface area contributed by atoms with Gasteiger partial charge in [-0.3, -0.25) is 14.4 Å². The Hall–Kier alpha value is -3.67. The summed E-state index contributed by atoms with van der Waals surface area (Å²) in [6.45, 7) is 13.1. The van der Waals surface area contributed by atoms with E-state index in [2.05, 4.69) is 44.8 Å². The van der Waals surface area contributed by atoms with Gasteiger partial charge >= 0.3 is 0 Å². The molecule has 2 aromatic carbocycles. The molecule has 3 aliphatic rings. The van der Waals surface area contributed by atoms with E-state index < -0.39 is 5.92 Å². The van der Waals surface area contributed by atoms with E-state index in [1.807, 2.05) is 55.5 Å². The first-order valence-corrected chi connectivity index (χ1v) is 14.3. The molecule has 0 saturated carbocycles. The fourth-order valence-corrected chi connectivity index (χ4v) is 6.63. The number of benzene rings is 2. The van der Waals surface area contributed by atoms with Gasteiger partial charge < -0.3 is 15.0 Å². The van der Waals surface area contributed by atoms with Crippen molar-refractivity contribution in [1.82, 2.24) is 4.90 Å². The second-order valence-corrected chi connectivity index (χ2v) is 13.0. The number of carbonyl (C=O) groups is 3. The number of hydrogen-bond donors (Lipinski definition) is 1. The maximum atomic E-state index is 13.9. The van der Waals surface area contributed by atoms with Crippen molar-refractivity contribution in [2.24, 2.45) is 10.8 Å². The Bertz CT molecular complexity index is 1390. The molecule has 0 fully saturated rings.